The first kappa shape index (κ1) is 30.4. The number of carbonyl (C=O) groups is 2. The molecule has 0 spiro atoms. The molecule has 13 nitrogen and oxygen atoms in total. The first-order valence-corrected chi connectivity index (χ1v) is 13.6. The number of hydrogen-bond donors (Lipinski definition) is 3. The highest BCUT2D eigenvalue weighted by atomic mass is 19.3. The van der Waals surface area contributed by atoms with Gasteiger partial charge in [0.05, 0.1) is 54.9 Å². The number of para-hydroxylation sites is 1. The number of ether oxygens (including phenoxy) is 2. The molecule has 15 heteroatoms. The Balaban J connectivity index is 1.37. The zero-order valence-corrected chi connectivity index (χ0v) is 23.7. The number of halogens is 2. The Morgan fingerprint density at radius 3 is 2.59 bits per heavy atom. The van der Waals surface area contributed by atoms with Crippen LogP contribution in [-0.2, 0) is 32.9 Å². The van der Waals surface area contributed by atoms with Crippen LogP contribution >= 0.6 is 0 Å². The van der Waals surface area contributed by atoms with Crippen molar-refractivity contribution in [2.45, 2.75) is 37.8 Å². The van der Waals surface area contributed by atoms with Gasteiger partial charge in [0.15, 0.2) is 17.3 Å². The second-order valence-corrected chi connectivity index (χ2v) is 9.95. The van der Waals surface area contributed by atoms with E-state index in [0.717, 1.165) is 5.56 Å². The molecule has 2 heterocycles. The SMILES string of the molecule is COc1c(Nc2cc(C3(C(N)=O)CC3)nnc2C(=O)NOCC(F)F)cccc1-c1ncn(CCOCc2ccccc2)n1. The van der Waals surface area contributed by atoms with Crippen LogP contribution in [0.2, 0.25) is 0 Å². The number of benzene rings is 2. The van der Waals surface area contributed by atoms with Crippen molar-refractivity contribution in [2.75, 3.05) is 25.6 Å². The molecule has 0 aliphatic heterocycles. The number of nitrogens with one attached hydrogen (secondary N) is 2. The number of amides is 2. The average Bonchev–Trinajstić information content (AvgIpc) is 3.71. The molecule has 230 valence electrons. The van der Waals surface area contributed by atoms with Gasteiger partial charge < -0.3 is 20.5 Å². The van der Waals surface area contributed by atoms with Gasteiger partial charge in [-0.05, 0) is 36.6 Å². The maximum atomic E-state index is 12.8. The molecule has 2 aromatic carbocycles. The molecule has 4 N–H and O–H groups in total. The number of carbonyl (C=O) groups excluding carboxylic acids is 2. The molecule has 0 atom stereocenters. The molecular weight excluding hydrogens is 578 g/mol. The topological polar surface area (TPSA) is 168 Å². The molecular formula is C29H30F2N8O5. The molecule has 2 amide bonds. The summed E-state index contributed by atoms with van der Waals surface area (Å²) in [6.07, 6.45) is -0.258. The molecule has 2 aromatic heterocycles. The van der Waals surface area contributed by atoms with Crippen molar-refractivity contribution in [1.82, 2.24) is 30.4 Å². The zero-order valence-electron chi connectivity index (χ0n) is 23.7. The van der Waals surface area contributed by atoms with E-state index < -0.39 is 30.3 Å². The average molecular weight is 609 g/mol. The maximum absolute atomic E-state index is 12.8. The molecule has 0 bridgehead atoms. The lowest BCUT2D eigenvalue weighted by Crippen LogP contribution is -2.31. The van der Waals surface area contributed by atoms with E-state index >= 15 is 0 Å². The van der Waals surface area contributed by atoms with Gasteiger partial charge in [-0.25, -0.2) is 19.2 Å². The smallest absolute Gasteiger partial charge is 0.297 e. The predicted molar refractivity (Wildman–Crippen MR) is 153 cm³/mol. The van der Waals surface area contributed by atoms with E-state index in [1.807, 2.05) is 35.8 Å². The van der Waals surface area contributed by atoms with Gasteiger partial charge in [-0.3, -0.25) is 19.1 Å². The number of alkyl halides is 2. The van der Waals surface area contributed by atoms with Crippen LogP contribution in [0.5, 0.6) is 5.75 Å². The highest BCUT2D eigenvalue weighted by molar-refractivity contribution is 5.98. The largest absolute Gasteiger partial charge is 0.494 e. The Hall–Kier alpha value is -5.02. The first-order chi connectivity index (χ1) is 21.3. The van der Waals surface area contributed by atoms with E-state index in [-0.39, 0.29) is 17.1 Å². The summed E-state index contributed by atoms with van der Waals surface area (Å²) in [6, 6.07) is 16.5. The Morgan fingerprint density at radius 2 is 1.89 bits per heavy atom. The van der Waals surface area contributed by atoms with Gasteiger partial charge in [-0.1, -0.05) is 36.4 Å². The van der Waals surface area contributed by atoms with Gasteiger partial charge in [0.25, 0.3) is 12.3 Å². The summed E-state index contributed by atoms with van der Waals surface area (Å²) in [5.74, 6) is -0.769. The zero-order chi connectivity index (χ0) is 31.1. The van der Waals surface area contributed by atoms with Crippen LogP contribution < -0.4 is 21.3 Å². The third-order valence-electron chi connectivity index (χ3n) is 6.94. The van der Waals surface area contributed by atoms with E-state index in [1.54, 1.807) is 29.2 Å². The van der Waals surface area contributed by atoms with Crippen LogP contribution in [-0.4, -0.2) is 63.5 Å². The normalized spacial score (nSPS) is 13.5. The standard InChI is InChI=1S/C29H30F2N8O5/c1-42-25-19(26-33-17-39(37-26)12-13-43-15-18-6-3-2-4-7-18)8-5-9-20(25)34-21-14-22(29(10-11-29)28(32)41)35-36-24(21)27(40)38-44-16-23(30)31/h2-9,14,17,23H,10-13,15-16H2,1H3,(H2,32,41)(H,34,35)(H,38,40). The van der Waals surface area contributed by atoms with Gasteiger partial charge in [0.1, 0.15) is 12.9 Å². The van der Waals surface area contributed by atoms with Crippen molar-refractivity contribution >= 4 is 23.2 Å². The number of methoxy groups -OCH3 is 1. The van der Waals surface area contributed by atoms with E-state index in [4.69, 9.17) is 15.2 Å². The molecule has 1 fully saturated rings. The van der Waals surface area contributed by atoms with E-state index in [2.05, 4.69) is 30.4 Å². The minimum absolute atomic E-state index is 0.116. The lowest BCUT2D eigenvalue weighted by molar-refractivity contribution is -0.120. The van der Waals surface area contributed by atoms with Crippen molar-refractivity contribution in [3.63, 3.8) is 0 Å². The predicted octanol–water partition coefficient (Wildman–Crippen LogP) is 3.15. The number of primary amides is 1. The number of hydrogen-bond acceptors (Lipinski definition) is 10. The lowest BCUT2D eigenvalue weighted by Gasteiger charge is -2.17. The third kappa shape index (κ3) is 6.95. The summed E-state index contributed by atoms with van der Waals surface area (Å²) in [5, 5.41) is 15.7. The lowest BCUT2D eigenvalue weighted by atomic mass is 10.0. The van der Waals surface area contributed by atoms with Crippen LogP contribution in [0.4, 0.5) is 20.2 Å². The van der Waals surface area contributed by atoms with Crippen LogP contribution in [0.1, 0.15) is 34.6 Å². The van der Waals surface area contributed by atoms with Gasteiger partial charge in [-0.2, -0.15) is 10.2 Å². The van der Waals surface area contributed by atoms with Crippen molar-refractivity contribution in [3.05, 3.63) is 77.9 Å². The van der Waals surface area contributed by atoms with Crippen molar-refractivity contribution in [2.24, 2.45) is 5.73 Å². The summed E-state index contributed by atoms with van der Waals surface area (Å²) in [6.45, 7) is 0.361. The van der Waals surface area contributed by atoms with Crippen molar-refractivity contribution < 1.29 is 32.7 Å². The summed E-state index contributed by atoms with van der Waals surface area (Å²) < 4.78 is 38.2. The Kier molecular flexibility index (Phi) is 9.35. The number of hydroxylamine groups is 1. The van der Waals surface area contributed by atoms with Crippen molar-refractivity contribution in [3.8, 4) is 17.1 Å². The number of nitrogens with two attached hydrogens (primary N) is 1. The monoisotopic (exact) mass is 608 g/mol. The molecule has 44 heavy (non-hydrogen) atoms. The Bertz CT molecular complexity index is 1610. The van der Waals surface area contributed by atoms with E-state index in [9.17, 15) is 18.4 Å². The fourth-order valence-corrected chi connectivity index (χ4v) is 4.49. The summed E-state index contributed by atoms with van der Waals surface area (Å²) in [5.41, 5.74) is 8.68. The summed E-state index contributed by atoms with van der Waals surface area (Å²) in [4.78, 5) is 33.9. The second kappa shape index (κ2) is 13.5. The third-order valence-corrected chi connectivity index (χ3v) is 6.94. The molecule has 5 rings (SSSR count). The number of nitrogens with zero attached hydrogens (tertiary/aromatic N) is 5. The van der Waals surface area contributed by atoms with Crippen LogP contribution in [0.3, 0.4) is 0 Å². The number of rotatable bonds is 15. The van der Waals surface area contributed by atoms with Crippen LogP contribution in [0.25, 0.3) is 11.4 Å². The molecule has 0 radical (unpaired) electrons. The maximum Gasteiger partial charge on any atom is 0.297 e. The fraction of sp³-hybridized carbons (Fsp3) is 0.310. The number of aromatic nitrogens is 5. The van der Waals surface area contributed by atoms with Gasteiger partial charge in [0.2, 0.25) is 5.91 Å². The quantitative estimate of drug-likeness (QED) is 0.135. The van der Waals surface area contributed by atoms with Crippen molar-refractivity contribution in [1.29, 1.82) is 0 Å². The minimum Gasteiger partial charge on any atom is -0.494 e. The summed E-state index contributed by atoms with van der Waals surface area (Å²) >= 11 is 0. The number of anilines is 2. The molecule has 4 aromatic rings. The highest BCUT2D eigenvalue weighted by Crippen LogP contribution is 2.48. The molecule has 1 saturated carbocycles. The summed E-state index contributed by atoms with van der Waals surface area (Å²) in [7, 11) is 1.47. The first-order valence-electron chi connectivity index (χ1n) is 13.6. The van der Waals surface area contributed by atoms with E-state index in [1.165, 1.54) is 13.2 Å². The van der Waals surface area contributed by atoms with Gasteiger partial charge >= 0.3 is 0 Å². The molecule has 1 aliphatic rings. The minimum atomic E-state index is -2.79. The van der Waals surface area contributed by atoms with Crippen LogP contribution in [0.15, 0.2) is 60.9 Å². The highest BCUT2D eigenvalue weighted by Gasteiger charge is 2.52. The molecule has 1 aliphatic carbocycles. The van der Waals surface area contributed by atoms with Gasteiger partial charge in [-0.15, -0.1) is 5.10 Å². The van der Waals surface area contributed by atoms with Crippen LogP contribution in [0, 0.1) is 0 Å². The molecule has 0 unspecified atom stereocenters. The van der Waals surface area contributed by atoms with Gasteiger partial charge in [0, 0.05) is 0 Å². The van der Waals surface area contributed by atoms with E-state index in [0.29, 0.717) is 55.4 Å². The fourth-order valence-electron chi connectivity index (χ4n) is 4.49. The Morgan fingerprint density at radius 1 is 1.09 bits per heavy atom. The second-order valence-electron chi connectivity index (χ2n) is 9.95. The molecule has 0 saturated heterocycles. The Labute approximate surface area is 250 Å².